The third-order valence-electron chi connectivity index (χ3n) is 2.66. The molecule has 0 bridgehead atoms. The Labute approximate surface area is 102 Å². The van der Waals surface area contributed by atoms with Crippen molar-refractivity contribution in [2.75, 3.05) is 5.73 Å². The molecule has 0 amide bonds. The van der Waals surface area contributed by atoms with Crippen molar-refractivity contribution in [3.63, 3.8) is 0 Å². The molecule has 5 heteroatoms. The van der Waals surface area contributed by atoms with Crippen molar-refractivity contribution >= 4 is 28.3 Å². The molecule has 0 radical (unpaired) electrons. The average molecular weight is 245 g/mol. The van der Waals surface area contributed by atoms with Gasteiger partial charge in [-0.3, -0.25) is 5.10 Å². The van der Waals surface area contributed by atoms with Crippen LogP contribution in [-0.2, 0) is 0 Å². The monoisotopic (exact) mass is 244 g/mol. The van der Waals surface area contributed by atoms with Gasteiger partial charge in [-0.2, -0.15) is 5.10 Å². The molecule has 17 heavy (non-hydrogen) atoms. The summed E-state index contributed by atoms with van der Waals surface area (Å²) in [5, 5.41) is 8.42. The topological polar surface area (TPSA) is 67.6 Å². The van der Waals surface area contributed by atoms with Crippen molar-refractivity contribution < 1.29 is 0 Å². The first kappa shape index (κ1) is 10.1. The molecule has 0 fully saturated rings. The maximum absolute atomic E-state index is 6.34. The van der Waals surface area contributed by atoms with E-state index in [2.05, 4.69) is 15.2 Å². The first-order chi connectivity index (χ1) is 8.25. The minimum Gasteiger partial charge on any atom is -0.384 e. The van der Waals surface area contributed by atoms with E-state index >= 15 is 0 Å². The van der Waals surface area contributed by atoms with Crippen LogP contribution < -0.4 is 5.73 Å². The van der Waals surface area contributed by atoms with Crippen molar-refractivity contribution in [2.24, 2.45) is 0 Å². The van der Waals surface area contributed by atoms with Crippen molar-refractivity contribution in [3.05, 3.63) is 41.7 Å². The molecular weight excluding hydrogens is 236 g/mol. The molecule has 3 aromatic rings. The van der Waals surface area contributed by atoms with E-state index in [1.807, 2.05) is 18.2 Å². The highest BCUT2D eigenvalue weighted by atomic mass is 35.5. The van der Waals surface area contributed by atoms with E-state index in [-0.39, 0.29) is 0 Å². The minimum atomic E-state index is 0.495. The van der Waals surface area contributed by atoms with Gasteiger partial charge < -0.3 is 5.73 Å². The van der Waals surface area contributed by atoms with Gasteiger partial charge in [0.1, 0.15) is 5.82 Å². The number of nitrogens with one attached hydrogen (secondary N) is 1. The lowest BCUT2D eigenvalue weighted by atomic mass is 10.1. The van der Waals surface area contributed by atoms with E-state index in [4.69, 9.17) is 17.3 Å². The fourth-order valence-electron chi connectivity index (χ4n) is 1.77. The predicted molar refractivity (Wildman–Crippen MR) is 68.7 cm³/mol. The van der Waals surface area contributed by atoms with Crippen molar-refractivity contribution in [3.8, 4) is 11.1 Å². The zero-order chi connectivity index (χ0) is 11.8. The molecule has 0 aliphatic rings. The lowest BCUT2D eigenvalue weighted by Gasteiger charge is -2.05. The third-order valence-corrected chi connectivity index (χ3v) is 3.06. The van der Waals surface area contributed by atoms with Gasteiger partial charge in [0.2, 0.25) is 0 Å². The van der Waals surface area contributed by atoms with Crippen LogP contribution in [0.1, 0.15) is 0 Å². The second-order valence-corrected chi connectivity index (χ2v) is 4.11. The van der Waals surface area contributed by atoms with Crippen LogP contribution in [0.25, 0.3) is 22.0 Å². The second-order valence-electron chi connectivity index (χ2n) is 3.73. The van der Waals surface area contributed by atoms with Crippen molar-refractivity contribution in [1.29, 1.82) is 0 Å². The molecule has 0 aliphatic carbocycles. The van der Waals surface area contributed by atoms with Crippen molar-refractivity contribution in [1.82, 2.24) is 15.2 Å². The number of anilines is 1. The largest absolute Gasteiger partial charge is 0.384 e. The van der Waals surface area contributed by atoms with E-state index in [1.165, 1.54) is 0 Å². The van der Waals surface area contributed by atoms with Gasteiger partial charge in [0.05, 0.1) is 16.7 Å². The minimum absolute atomic E-state index is 0.495. The Bertz CT molecular complexity index is 673. The standard InChI is InChI=1S/C12H9ClN4/c13-12-8(7-1-4-11(14)15-5-7)2-3-10-9(12)6-16-17-10/h1-6H,(H2,14,15)(H,16,17). The summed E-state index contributed by atoms with van der Waals surface area (Å²) < 4.78 is 0. The summed E-state index contributed by atoms with van der Waals surface area (Å²) in [6.07, 6.45) is 3.42. The zero-order valence-electron chi connectivity index (χ0n) is 8.81. The number of nitrogens with two attached hydrogens (primary N) is 1. The zero-order valence-corrected chi connectivity index (χ0v) is 9.57. The quantitative estimate of drug-likeness (QED) is 0.692. The molecule has 0 aliphatic heterocycles. The molecule has 1 aromatic carbocycles. The second kappa shape index (κ2) is 3.75. The van der Waals surface area contributed by atoms with Crippen LogP contribution in [0.3, 0.4) is 0 Å². The van der Waals surface area contributed by atoms with E-state index in [0.717, 1.165) is 22.0 Å². The van der Waals surface area contributed by atoms with Gasteiger partial charge in [0, 0.05) is 22.7 Å². The molecule has 3 rings (SSSR count). The number of nitrogen functional groups attached to an aromatic ring is 1. The van der Waals surface area contributed by atoms with Crippen LogP contribution in [0, 0.1) is 0 Å². The summed E-state index contributed by atoms with van der Waals surface area (Å²) >= 11 is 6.34. The number of nitrogens with zero attached hydrogens (tertiary/aromatic N) is 2. The van der Waals surface area contributed by atoms with Gasteiger partial charge in [-0.15, -0.1) is 0 Å². The maximum atomic E-state index is 6.34. The molecule has 0 atom stereocenters. The van der Waals surface area contributed by atoms with E-state index in [9.17, 15) is 0 Å². The lowest BCUT2D eigenvalue weighted by Crippen LogP contribution is -1.89. The first-order valence-electron chi connectivity index (χ1n) is 5.09. The first-order valence-corrected chi connectivity index (χ1v) is 5.47. The van der Waals surface area contributed by atoms with Crippen LogP contribution in [0.4, 0.5) is 5.82 Å². The summed E-state index contributed by atoms with van der Waals surface area (Å²) in [5.41, 5.74) is 8.34. The third kappa shape index (κ3) is 1.62. The molecule has 2 aromatic heterocycles. The molecule has 3 N–H and O–H groups in total. The van der Waals surface area contributed by atoms with Crippen LogP contribution in [-0.4, -0.2) is 15.2 Å². The highest BCUT2D eigenvalue weighted by molar-refractivity contribution is 6.38. The summed E-state index contributed by atoms with van der Waals surface area (Å²) in [5.74, 6) is 0.495. The predicted octanol–water partition coefficient (Wildman–Crippen LogP) is 2.86. The smallest absolute Gasteiger partial charge is 0.123 e. The number of hydrogen-bond acceptors (Lipinski definition) is 3. The van der Waals surface area contributed by atoms with Gasteiger partial charge >= 0.3 is 0 Å². The Balaban J connectivity index is 2.23. The Morgan fingerprint density at radius 2 is 2.00 bits per heavy atom. The summed E-state index contributed by atoms with van der Waals surface area (Å²) in [7, 11) is 0. The maximum Gasteiger partial charge on any atom is 0.123 e. The highest BCUT2D eigenvalue weighted by Crippen LogP contribution is 2.33. The number of pyridine rings is 1. The van der Waals surface area contributed by atoms with Gasteiger partial charge in [-0.25, -0.2) is 4.98 Å². The molecule has 4 nitrogen and oxygen atoms in total. The van der Waals surface area contributed by atoms with Crippen LogP contribution in [0.15, 0.2) is 36.7 Å². The Kier molecular flexibility index (Phi) is 2.23. The normalized spacial score (nSPS) is 10.9. The van der Waals surface area contributed by atoms with Crippen molar-refractivity contribution in [2.45, 2.75) is 0 Å². The van der Waals surface area contributed by atoms with E-state index in [0.29, 0.717) is 10.8 Å². The summed E-state index contributed by atoms with van der Waals surface area (Å²) in [6, 6.07) is 7.54. The van der Waals surface area contributed by atoms with E-state index in [1.54, 1.807) is 18.5 Å². The van der Waals surface area contributed by atoms with E-state index < -0.39 is 0 Å². The molecule has 0 unspecified atom stereocenters. The molecule has 0 spiro atoms. The van der Waals surface area contributed by atoms with Gasteiger partial charge in [0.25, 0.3) is 0 Å². The van der Waals surface area contributed by atoms with Gasteiger partial charge in [-0.1, -0.05) is 17.7 Å². The van der Waals surface area contributed by atoms with Gasteiger partial charge in [-0.05, 0) is 18.2 Å². The lowest BCUT2D eigenvalue weighted by molar-refractivity contribution is 1.12. The van der Waals surface area contributed by atoms with Gasteiger partial charge in [0.15, 0.2) is 0 Å². The fourth-order valence-corrected chi connectivity index (χ4v) is 2.09. The Morgan fingerprint density at radius 3 is 2.76 bits per heavy atom. The Morgan fingerprint density at radius 1 is 1.12 bits per heavy atom. The summed E-state index contributed by atoms with van der Waals surface area (Å²) in [6.45, 7) is 0. The van der Waals surface area contributed by atoms with Crippen LogP contribution in [0.2, 0.25) is 5.02 Å². The molecule has 0 saturated heterocycles. The molecule has 2 heterocycles. The number of halogens is 1. The number of aromatic nitrogens is 3. The number of hydrogen-bond donors (Lipinski definition) is 2. The molecule has 84 valence electrons. The number of aromatic amines is 1. The Hall–Kier alpha value is -2.07. The number of benzene rings is 1. The number of rotatable bonds is 1. The number of fused-ring (bicyclic) bond motifs is 1. The average Bonchev–Trinajstić information content (AvgIpc) is 2.80. The fraction of sp³-hybridized carbons (Fsp3) is 0. The number of H-pyrrole nitrogens is 1. The SMILES string of the molecule is Nc1ccc(-c2ccc3[nH]ncc3c2Cl)cn1. The van der Waals surface area contributed by atoms with Crippen LogP contribution >= 0.6 is 11.6 Å². The van der Waals surface area contributed by atoms with Crippen LogP contribution in [0.5, 0.6) is 0 Å². The summed E-state index contributed by atoms with van der Waals surface area (Å²) in [4.78, 5) is 4.06. The molecular formula is C12H9ClN4. The molecule has 0 saturated carbocycles. The highest BCUT2D eigenvalue weighted by Gasteiger charge is 2.08.